The van der Waals surface area contributed by atoms with Crippen molar-refractivity contribution in [3.05, 3.63) is 24.3 Å². The number of fused-ring (bicyclic) bond motifs is 4. The van der Waals surface area contributed by atoms with Gasteiger partial charge in [-0.3, -0.25) is 0 Å². The Morgan fingerprint density at radius 2 is 1.70 bits per heavy atom. The van der Waals surface area contributed by atoms with Crippen LogP contribution in [-0.4, -0.2) is 38.3 Å². The minimum Gasteiger partial charge on any atom is -0.372 e. The first-order valence-electron chi connectivity index (χ1n) is 9.48. The molecule has 0 aromatic heterocycles. The van der Waals surface area contributed by atoms with Crippen LogP contribution in [0.1, 0.15) is 46.0 Å². The quantitative estimate of drug-likeness (QED) is 0.899. The van der Waals surface area contributed by atoms with E-state index in [9.17, 15) is 0 Å². The summed E-state index contributed by atoms with van der Waals surface area (Å²) in [5.41, 5.74) is 3.22. The van der Waals surface area contributed by atoms with Crippen LogP contribution in [0, 0.1) is 5.41 Å². The van der Waals surface area contributed by atoms with Crippen molar-refractivity contribution in [2.24, 2.45) is 5.41 Å². The zero-order chi connectivity index (χ0) is 15.9. The van der Waals surface area contributed by atoms with Gasteiger partial charge in [0.25, 0.3) is 0 Å². The Bertz CT molecular complexity index is 530. The zero-order valence-electron chi connectivity index (χ0n) is 14.7. The molecule has 0 radical (unpaired) electrons. The minimum absolute atomic E-state index is 0.401. The molecule has 3 nitrogen and oxygen atoms in total. The lowest BCUT2D eigenvalue weighted by Gasteiger charge is -2.48. The summed E-state index contributed by atoms with van der Waals surface area (Å²) >= 11 is 0. The van der Waals surface area contributed by atoms with Crippen molar-refractivity contribution in [2.45, 2.75) is 58.0 Å². The molecule has 4 aliphatic heterocycles. The minimum atomic E-state index is 0.401. The Morgan fingerprint density at radius 3 is 2.43 bits per heavy atom. The molecule has 2 bridgehead atoms. The van der Waals surface area contributed by atoms with E-state index in [0.29, 0.717) is 17.5 Å². The number of benzene rings is 1. The largest absolute Gasteiger partial charge is 0.372 e. The van der Waals surface area contributed by atoms with Gasteiger partial charge in [-0.1, -0.05) is 13.8 Å². The fourth-order valence-electron chi connectivity index (χ4n) is 5.02. The average Bonchev–Trinajstić information content (AvgIpc) is 2.86. The molecule has 3 heteroatoms. The monoisotopic (exact) mass is 313 g/mol. The molecule has 1 aromatic carbocycles. The molecule has 126 valence electrons. The van der Waals surface area contributed by atoms with Gasteiger partial charge in [0.2, 0.25) is 0 Å². The number of piperidine rings is 2. The molecule has 23 heavy (non-hydrogen) atoms. The predicted molar refractivity (Wildman–Crippen MR) is 98.4 cm³/mol. The summed E-state index contributed by atoms with van der Waals surface area (Å²) in [6.07, 6.45) is 6.65. The van der Waals surface area contributed by atoms with E-state index in [1.54, 1.807) is 0 Å². The van der Waals surface area contributed by atoms with E-state index in [1.165, 1.54) is 63.1 Å². The maximum Gasteiger partial charge on any atom is 0.0370 e. The average molecular weight is 313 g/mol. The number of anilines is 2. The van der Waals surface area contributed by atoms with Crippen LogP contribution >= 0.6 is 0 Å². The number of nitrogens with one attached hydrogen (secondary N) is 1. The number of rotatable bonds is 2. The first-order valence-corrected chi connectivity index (χ1v) is 9.48. The van der Waals surface area contributed by atoms with Crippen molar-refractivity contribution in [1.29, 1.82) is 0 Å². The van der Waals surface area contributed by atoms with Crippen LogP contribution in [0.4, 0.5) is 11.4 Å². The SMILES string of the molecule is CC1(C)C[C@@H]2CN(c3ccc(N4CCCCC4)cc3)[C@H]1CCN2. The third-order valence-corrected chi connectivity index (χ3v) is 6.22. The van der Waals surface area contributed by atoms with E-state index < -0.39 is 0 Å². The lowest BCUT2D eigenvalue weighted by molar-refractivity contribution is 0.204. The number of hydrogen-bond acceptors (Lipinski definition) is 3. The van der Waals surface area contributed by atoms with E-state index in [-0.39, 0.29) is 0 Å². The lowest BCUT2D eigenvalue weighted by Crippen LogP contribution is -2.54. The standard InChI is InChI=1S/C20H31N3/c1-20(2)14-16-15-23(19(20)10-11-21-16)18-8-6-17(7-9-18)22-12-4-3-5-13-22/h6-9,16,19,21H,3-5,10-15H2,1-2H3/t16-,19+/m1/s1. The molecule has 0 aliphatic carbocycles. The highest BCUT2D eigenvalue weighted by Crippen LogP contribution is 2.41. The van der Waals surface area contributed by atoms with Gasteiger partial charge in [0.15, 0.2) is 0 Å². The zero-order valence-corrected chi connectivity index (χ0v) is 14.7. The maximum atomic E-state index is 3.74. The Labute approximate surface area is 141 Å². The topological polar surface area (TPSA) is 18.5 Å². The van der Waals surface area contributed by atoms with Crippen LogP contribution in [0.5, 0.6) is 0 Å². The first kappa shape index (κ1) is 15.3. The van der Waals surface area contributed by atoms with Crippen molar-refractivity contribution in [1.82, 2.24) is 5.32 Å². The number of hydrogen-bond donors (Lipinski definition) is 1. The van der Waals surface area contributed by atoms with Crippen LogP contribution < -0.4 is 15.1 Å². The van der Waals surface area contributed by atoms with Gasteiger partial charge in [-0.2, -0.15) is 0 Å². The van der Waals surface area contributed by atoms with Crippen molar-refractivity contribution in [2.75, 3.05) is 36.0 Å². The molecule has 0 spiro atoms. The van der Waals surface area contributed by atoms with Gasteiger partial charge in [0, 0.05) is 43.1 Å². The van der Waals surface area contributed by atoms with E-state index in [4.69, 9.17) is 0 Å². The molecule has 4 fully saturated rings. The highest BCUT2D eigenvalue weighted by atomic mass is 15.2. The maximum absolute atomic E-state index is 3.74. The second-order valence-electron chi connectivity index (χ2n) is 8.36. The van der Waals surface area contributed by atoms with Crippen molar-refractivity contribution >= 4 is 11.4 Å². The van der Waals surface area contributed by atoms with Crippen LogP contribution in [0.3, 0.4) is 0 Å². The summed E-state index contributed by atoms with van der Waals surface area (Å²) < 4.78 is 0. The van der Waals surface area contributed by atoms with Gasteiger partial charge in [-0.25, -0.2) is 0 Å². The van der Waals surface area contributed by atoms with E-state index in [2.05, 4.69) is 53.2 Å². The van der Waals surface area contributed by atoms with Gasteiger partial charge >= 0.3 is 0 Å². The molecule has 0 unspecified atom stereocenters. The Balaban J connectivity index is 1.55. The number of nitrogens with zero attached hydrogens (tertiary/aromatic N) is 2. The highest BCUT2D eigenvalue weighted by Gasteiger charge is 2.43. The van der Waals surface area contributed by atoms with Crippen LogP contribution in [-0.2, 0) is 0 Å². The molecule has 1 N–H and O–H groups in total. The summed E-state index contributed by atoms with van der Waals surface area (Å²) in [5, 5.41) is 3.74. The Kier molecular flexibility index (Phi) is 4.00. The van der Waals surface area contributed by atoms with Crippen molar-refractivity contribution in [3.63, 3.8) is 0 Å². The van der Waals surface area contributed by atoms with Crippen molar-refractivity contribution < 1.29 is 0 Å². The smallest absolute Gasteiger partial charge is 0.0370 e. The predicted octanol–water partition coefficient (Wildman–Crippen LogP) is 3.64. The molecule has 4 heterocycles. The van der Waals surface area contributed by atoms with Crippen LogP contribution in [0.2, 0.25) is 0 Å². The Morgan fingerprint density at radius 1 is 1.00 bits per heavy atom. The normalized spacial score (nSPS) is 30.3. The van der Waals surface area contributed by atoms with Crippen LogP contribution in [0.25, 0.3) is 0 Å². The fourth-order valence-corrected chi connectivity index (χ4v) is 5.02. The first-order chi connectivity index (χ1) is 11.1. The van der Waals surface area contributed by atoms with Gasteiger partial charge in [0.1, 0.15) is 0 Å². The molecule has 5 rings (SSSR count). The lowest BCUT2D eigenvalue weighted by atomic mass is 9.74. The van der Waals surface area contributed by atoms with Crippen molar-refractivity contribution in [3.8, 4) is 0 Å². The second-order valence-corrected chi connectivity index (χ2v) is 8.36. The van der Waals surface area contributed by atoms with Crippen LogP contribution in [0.15, 0.2) is 24.3 Å². The summed E-state index contributed by atoms with van der Waals surface area (Å²) in [6.45, 7) is 9.69. The molecule has 4 aliphatic rings. The summed E-state index contributed by atoms with van der Waals surface area (Å²) in [6, 6.07) is 10.7. The van der Waals surface area contributed by atoms with Gasteiger partial charge in [-0.15, -0.1) is 0 Å². The van der Waals surface area contributed by atoms with E-state index in [0.717, 1.165) is 6.54 Å². The summed E-state index contributed by atoms with van der Waals surface area (Å²) in [5.74, 6) is 0. The molecule has 0 saturated carbocycles. The third-order valence-electron chi connectivity index (χ3n) is 6.22. The van der Waals surface area contributed by atoms with Gasteiger partial charge in [-0.05, 0) is 68.3 Å². The molecule has 4 saturated heterocycles. The molecule has 0 amide bonds. The summed E-state index contributed by atoms with van der Waals surface area (Å²) in [4.78, 5) is 5.22. The van der Waals surface area contributed by atoms with Gasteiger partial charge in [0.05, 0.1) is 0 Å². The van der Waals surface area contributed by atoms with E-state index >= 15 is 0 Å². The summed E-state index contributed by atoms with van der Waals surface area (Å²) in [7, 11) is 0. The Hall–Kier alpha value is -1.22. The fraction of sp³-hybridized carbons (Fsp3) is 0.700. The molecule has 1 aromatic rings. The van der Waals surface area contributed by atoms with Gasteiger partial charge < -0.3 is 15.1 Å². The third kappa shape index (κ3) is 2.96. The van der Waals surface area contributed by atoms with E-state index in [1.807, 2.05) is 0 Å². The molecular weight excluding hydrogens is 282 g/mol. The highest BCUT2D eigenvalue weighted by molar-refractivity contribution is 5.57. The molecular formula is C20H31N3. The molecule has 2 atom stereocenters. The second kappa shape index (κ2) is 6.01.